The first-order chi connectivity index (χ1) is 25.9. The van der Waals surface area contributed by atoms with Gasteiger partial charge >= 0.3 is 10.4 Å². The molecule has 1 heterocycles. The van der Waals surface area contributed by atoms with E-state index in [1.54, 1.807) is 0 Å². The lowest BCUT2D eigenvalue weighted by atomic mass is 9.99. The number of unbranched alkanes of at least 4 members (excludes halogenated alkanes) is 18. The molecule has 0 aromatic carbocycles. The highest BCUT2D eigenvalue weighted by atomic mass is 32.3. The van der Waals surface area contributed by atoms with E-state index < -0.39 is 78.5 Å². The third-order valence-electron chi connectivity index (χ3n) is 9.90. The Hall–Kier alpha value is -1.46. The average molecular weight is 794 g/mol. The van der Waals surface area contributed by atoms with Crippen LogP contribution in [-0.4, -0.2) is 107 Å². The van der Waals surface area contributed by atoms with Crippen molar-refractivity contribution < 1.29 is 57.0 Å². The van der Waals surface area contributed by atoms with Gasteiger partial charge in [-0.15, -0.1) is 0 Å². The number of hydrogen-bond acceptors (Lipinski definition) is 11. The van der Waals surface area contributed by atoms with Crippen LogP contribution in [0.3, 0.4) is 0 Å². The molecule has 0 spiro atoms. The van der Waals surface area contributed by atoms with E-state index in [0.29, 0.717) is 19.3 Å². The van der Waals surface area contributed by atoms with Gasteiger partial charge in [0.15, 0.2) is 6.29 Å². The van der Waals surface area contributed by atoms with E-state index in [1.807, 2.05) is 0 Å². The first kappa shape index (κ1) is 50.6. The molecule has 0 aliphatic carbocycles. The van der Waals surface area contributed by atoms with Gasteiger partial charge in [0.25, 0.3) is 0 Å². The van der Waals surface area contributed by atoms with Crippen molar-refractivity contribution in [2.75, 3.05) is 13.2 Å². The van der Waals surface area contributed by atoms with Crippen molar-refractivity contribution in [2.45, 2.75) is 210 Å². The number of nitrogens with one attached hydrogen (secondary N) is 1. The van der Waals surface area contributed by atoms with E-state index in [1.165, 1.54) is 51.4 Å². The lowest BCUT2D eigenvalue weighted by Gasteiger charge is -2.41. The minimum atomic E-state index is -5.10. The second-order valence-corrected chi connectivity index (χ2v) is 15.8. The Labute approximate surface area is 325 Å². The lowest BCUT2D eigenvalue weighted by molar-refractivity contribution is -0.298. The zero-order valence-corrected chi connectivity index (χ0v) is 34.0. The van der Waals surface area contributed by atoms with E-state index in [9.17, 15) is 38.7 Å². The summed E-state index contributed by atoms with van der Waals surface area (Å²) in [6, 6.07) is -1.03. The number of amides is 1. The molecule has 7 N–H and O–H groups in total. The van der Waals surface area contributed by atoms with E-state index in [-0.39, 0.29) is 6.42 Å². The van der Waals surface area contributed by atoms with Gasteiger partial charge in [-0.1, -0.05) is 147 Å². The number of rotatable bonds is 34. The van der Waals surface area contributed by atoms with Gasteiger partial charge in [-0.25, -0.2) is 4.18 Å². The van der Waals surface area contributed by atoms with Gasteiger partial charge in [0.05, 0.1) is 25.4 Å². The highest BCUT2D eigenvalue weighted by molar-refractivity contribution is 7.80. The van der Waals surface area contributed by atoms with Crippen LogP contribution >= 0.6 is 0 Å². The summed E-state index contributed by atoms with van der Waals surface area (Å²) in [7, 11) is -5.10. The molecule has 54 heavy (non-hydrogen) atoms. The fourth-order valence-electron chi connectivity index (χ4n) is 6.51. The first-order valence-corrected chi connectivity index (χ1v) is 22.2. The molecule has 13 nitrogen and oxygen atoms in total. The number of carbonyl (C=O) groups excluding carboxylic acids is 1. The average Bonchev–Trinajstić information content (AvgIpc) is 3.14. The predicted octanol–water partition coefficient (Wildman–Crippen LogP) is 5.96. The lowest BCUT2D eigenvalue weighted by Crippen LogP contribution is -2.61. The molecule has 1 fully saturated rings. The largest absolute Gasteiger partial charge is 0.397 e. The smallest absolute Gasteiger partial charge is 0.394 e. The van der Waals surface area contributed by atoms with Gasteiger partial charge in [-0.2, -0.15) is 8.42 Å². The Morgan fingerprint density at radius 2 is 1.22 bits per heavy atom. The highest BCUT2D eigenvalue weighted by Gasteiger charge is 2.48. The Morgan fingerprint density at radius 1 is 0.741 bits per heavy atom. The van der Waals surface area contributed by atoms with Crippen LogP contribution in [0.1, 0.15) is 162 Å². The summed E-state index contributed by atoms with van der Waals surface area (Å²) < 4.78 is 47.3. The van der Waals surface area contributed by atoms with Crippen LogP contribution in [0.2, 0.25) is 0 Å². The van der Waals surface area contributed by atoms with Crippen molar-refractivity contribution in [1.82, 2.24) is 5.32 Å². The van der Waals surface area contributed by atoms with Gasteiger partial charge in [0.2, 0.25) is 5.91 Å². The number of carbonyl (C=O) groups is 1. The summed E-state index contributed by atoms with van der Waals surface area (Å²) in [6.07, 6.45) is 21.2. The highest BCUT2D eigenvalue weighted by Crippen LogP contribution is 2.26. The van der Waals surface area contributed by atoms with Crippen molar-refractivity contribution in [3.05, 3.63) is 24.3 Å². The van der Waals surface area contributed by atoms with Gasteiger partial charge < -0.3 is 40.3 Å². The van der Waals surface area contributed by atoms with E-state index >= 15 is 0 Å². The number of aliphatic hydroxyl groups is 5. The maximum atomic E-state index is 13.0. The van der Waals surface area contributed by atoms with E-state index in [0.717, 1.165) is 70.6 Å². The molecule has 0 aromatic rings. The van der Waals surface area contributed by atoms with Gasteiger partial charge in [0.1, 0.15) is 30.5 Å². The molecule has 0 radical (unpaired) electrons. The summed E-state index contributed by atoms with van der Waals surface area (Å²) in [4.78, 5) is 13.0. The Kier molecular flexibility index (Phi) is 29.6. The monoisotopic (exact) mass is 794 g/mol. The molecule has 8 atom stereocenters. The molecule has 0 saturated carbocycles. The molecule has 1 aliphatic heterocycles. The van der Waals surface area contributed by atoms with Crippen LogP contribution in [0.15, 0.2) is 24.3 Å². The van der Waals surface area contributed by atoms with Gasteiger partial charge in [-0.3, -0.25) is 9.35 Å². The van der Waals surface area contributed by atoms with E-state index in [2.05, 4.69) is 47.7 Å². The maximum Gasteiger partial charge on any atom is 0.397 e. The zero-order chi connectivity index (χ0) is 40.0. The van der Waals surface area contributed by atoms with Gasteiger partial charge in [-0.05, 0) is 38.5 Å². The molecule has 8 unspecified atom stereocenters. The molecule has 1 rings (SSSR count). The van der Waals surface area contributed by atoms with Crippen LogP contribution in [-0.2, 0) is 28.9 Å². The quantitative estimate of drug-likeness (QED) is 0.0229. The number of ether oxygens (including phenoxy) is 2. The predicted molar refractivity (Wildman–Crippen MR) is 210 cm³/mol. The van der Waals surface area contributed by atoms with Crippen LogP contribution in [0.25, 0.3) is 0 Å². The fraction of sp³-hybridized carbons (Fsp3) is 0.875. The molecule has 0 aromatic heterocycles. The fourth-order valence-corrected chi connectivity index (χ4v) is 7.02. The third-order valence-corrected chi connectivity index (χ3v) is 10.4. The SMILES string of the molecule is CCCCC/C=C\C=C/CCCCCCCCCCCC(O)C(=O)NC(COC1OC(CO)C(O)C(OS(=O)(=O)O)C1O)C(O)CCCCCCCCC. The van der Waals surface area contributed by atoms with Crippen molar-refractivity contribution in [2.24, 2.45) is 0 Å². The summed E-state index contributed by atoms with van der Waals surface area (Å²) in [5, 5.41) is 54.9. The summed E-state index contributed by atoms with van der Waals surface area (Å²) in [5.41, 5.74) is 0. The number of aliphatic hydroxyl groups excluding tert-OH is 5. The van der Waals surface area contributed by atoms with Crippen molar-refractivity contribution in [3.8, 4) is 0 Å². The number of allylic oxidation sites excluding steroid dienone is 4. The second kappa shape index (κ2) is 31.6. The molecular weight excluding hydrogens is 719 g/mol. The zero-order valence-electron chi connectivity index (χ0n) is 33.1. The molecule has 14 heteroatoms. The normalized spacial score (nSPS) is 22.6. The van der Waals surface area contributed by atoms with Crippen LogP contribution in [0, 0.1) is 0 Å². The van der Waals surface area contributed by atoms with Crippen LogP contribution in [0.4, 0.5) is 0 Å². The van der Waals surface area contributed by atoms with Crippen molar-refractivity contribution in [1.29, 1.82) is 0 Å². The second-order valence-electron chi connectivity index (χ2n) is 14.7. The minimum absolute atomic E-state index is 0.254. The third kappa shape index (κ3) is 24.2. The molecule has 1 saturated heterocycles. The van der Waals surface area contributed by atoms with Crippen LogP contribution in [0.5, 0.6) is 0 Å². The molecular formula is C40H75NO12S. The minimum Gasteiger partial charge on any atom is -0.394 e. The summed E-state index contributed by atoms with van der Waals surface area (Å²) in [6.45, 7) is 3.16. The number of hydrogen-bond donors (Lipinski definition) is 7. The van der Waals surface area contributed by atoms with E-state index in [4.69, 9.17) is 14.0 Å². The first-order valence-electron chi connectivity index (χ1n) is 20.8. The molecule has 1 aliphatic rings. The van der Waals surface area contributed by atoms with Crippen LogP contribution < -0.4 is 5.32 Å². The van der Waals surface area contributed by atoms with Crippen molar-refractivity contribution in [3.63, 3.8) is 0 Å². The van der Waals surface area contributed by atoms with Gasteiger partial charge in [0, 0.05) is 0 Å². The standard InChI is InChI=1S/C40H75NO12S/c1-3-5-7-9-11-12-13-14-15-16-17-18-19-20-21-23-25-27-29-34(44)39(47)41-32(33(43)28-26-24-22-10-8-6-4-2)31-51-40-37(46)38(53-54(48,49)50)36(45)35(30-42)52-40/h11-14,32-38,40,42-46H,3-10,15-31H2,1-2H3,(H,41,47)(H,48,49,50)/b12-11-,14-13-. The molecule has 1 amide bonds. The Balaban J connectivity index is 2.52. The maximum absolute atomic E-state index is 13.0. The molecule has 0 bridgehead atoms. The summed E-state index contributed by atoms with van der Waals surface area (Å²) in [5.74, 6) is -0.679. The topological polar surface area (TPSA) is 212 Å². The Bertz CT molecular complexity index is 1090. The van der Waals surface area contributed by atoms with Crippen molar-refractivity contribution >= 4 is 16.3 Å². The Morgan fingerprint density at radius 3 is 1.76 bits per heavy atom. The summed E-state index contributed by atoms with van der Waals surface area (Å²) >= 11 is 0. The molecule has 318 valence electrons.